The molecule has 3 saturated carbocycles. The average molecular weight is 479 g/mol. The molecule has 7 unspecified atom stereocenters. The van der Waals surface area contributed by atoms with Gasteiger partial charge in [0, 0.05) is 11.8 Å². The minimum absolute atomic E-state index is 0.0775. The number of aromatic nitrogens is 2. The van der Waals surface area contributed by atoms with Gasteiger partial charge in [-0.2, -0.15) is 5.10 Å². The fraction of sp³-hybridized carbons (Fsp3) is 0.586. The van der Waals surface area contributed by atoms with Gasteiger partial charge < -0.3 is 10.2 Å². The van der Waals surface area contributed by atoms with E-state index in [1.54, 1.807) is 12.1 Å². The lowest BCUT2D eigenvalue weighted by Crippen LogP contribution is -2.61. The monoisotopic (exact) mass is 478 g/mol. The lowest BCUT2D eigenvalue weighted by Gasteiger charge is -2.60. The van der Waals surface area contributed by atoms with Crippen LogP contribution in [0.5, 0.6) is 0 Å². The van der Waals surface area contributed by atoms with E-state index >= 15 is 0 Å². The van der Waals surface area contributed by atoms with Crippen LogP contribution >= 0.6 is 0 Å². The molecule has 35 heavy (non-hydrogen) atoms. The Morgan fingerprint density at radius 3 is 2.69 bits per heavy atom. The Morgan fingerprint density at radius 2 is 1.97 bits per heavy atom. The van der Waals surface area contributed by atoms with Crippen molar-refractivity contribution in [3.63, 3.8) is 0 Å². The highest BCUT2D eigenvalue weighted by atomic mass is 19.1. The maximum Gasteiger partial charge on any atom is 0.164 e. The van der Waals surface area contributed by atoms with Gasteiger partial charge >= 0.3 is 0 Å². The van der Waals surface area contributed by atoms with Gasteiger partial charge in [-0.15, -0.1) is 0 Å². The quantitative estimate of drug-likeness (QED) is 0.660. The number of carbonyl (C=O) groups excluding carboxylic acids is 1. The van der Waals surface area contributed by atoms with Gasteiger partial charge in [-0.1, -0.05) is 26.3 Å². The van der Waals surface area contributed by atoms with Crippen LogP contribution in [0.1, 0.15) is 70.6 Å². The first-order chi connectivity index (χ1) is 16.6. The summed E-state index contributed by atoms with van der Waals surface area (Å²) in [6.07, 6.45) is 8.42. The van der Waals surface area contributed by atoms with Crippen molar-refractivity contribution in [3.8, 4) is 5.69 Å². The second-order valence-electron chi connectivity index (χ2n) is 11.9. The summed E-state index contributed by atoms with van der Waals surface area (Å²) in [6.45, 7) is 6.17. The van der Waals surface area contributed by atoms with Crippen LogP contribution < -0.4 is 0 Å². The molecule has 0 saturated heterocycles. The Balaban J connectivity index is 1.37. The molecule has 0 aliphatic heterocycles. The molecule has 1 aromatic carbocycles. The molecule has 6 rings (SSSR count). The van der Waals surface area contributed by atoms with Crippen molar-refractivity contribution in [2.24, 2.45) is 28.6 Å². The van der Waals surface area contributed by atoms with Gasteiger partial charge in [0.1, 0.15) is 11.4 Å². The molecule has 1 aromatic heterocycles. The normalized spacial score (nSPS) is 39.8. The molecule has 4 aliphatic rings. The molecule has 5 nitrogen and oxygen atoms in total. The zero-order chi connectivity index (χ0) is 24.8. The highest BCUT2D eigenvalue weighted by Crippen LogP contribution is 2.67. The number of allylic oxidation sites excluding steroid dienone is 1. The topological polar surface area (TPSA) is 75.3 Å². The molecular weight excluding hydrogens is 443 g/mol. The molecule has 6 heteroatoms. The Kier molecular flexibility index (Phi) is 5.01. The van der Waals surface area contributed by atoms with Crippen LogP contribution in [0.3, 0.4) is 0 Å². The number of hydrogen-bond acceptors (Lipinski definition) is 4. The maximum atomic E-state index is 13.5. The van der Waals surface area contributed by atoms with Crippen molar-refractivity contribution in [2.45, 2.75) is 77.4 Å². The Labute approximate surface area is 206 Å². The molecule has 2 N–H and O–H groups in total. The predicted octanol–water partition coefficient (Wildman–Crippen LogP) is 4.87. The number of fused-ring (bicyclic) bond motifs is 6. The highest BCUT2D eigenvalue weighted by molar-refractivity contribution is 5.88. The van der Waals surface area contributed by atoms with Gasteiger partial charge in [-0.05, 0) is 97.6 Å². The van der Waals surface area contributed by atoms with E-state index in [2.05, 4.69) is 25.0 Å². The van der Waals surface area contributed by atoms with Crippen LogP contribution in [0.25, 0.3) is 11.8 Å². The fourth-order valence-electron chi connectivity index (χ4n) is 8.73. The van der Waals surface area contributed by atoms with E-state index in [1.165, 1.54) is 17.7 Å². The minimum atomic E-state index is -1.33. The van der Waals surface area contributed by atoms with E-state index in [0.29, 0.717) is 19.3 Å². The second kappa shape index (κ2) is 7.59. The van der Waals surface area contributed by atoms with Crippen LogP contribution in [-0.2, 0) is 11.2 Å². The second-order valence-corrected chi connectivity index (χ2v) is 11.9. The van der Waals surface area contributed by atoms with E-state index in [0.717, 1.165) is 42.6 Å². The highest BCUT2D eigenvalue weighted by Gasteiger charge is 2.68. The molecular formula is C29H35FN2O3. The van der Waals surface area contributed by atoms with Gasteiger partial charge in [0.05, 0.1) is 23.7 Å². The van der Waals surface area contributed by atoms with Crippen LogP contribution in [0, 0.1) is 34.4 Å². The molecule has 0 spiro atoms. The Hall–Kier alpha value is -2.31. The summed E-state index contributed by atoms with van der Waals surface area (Å²) in [5, 5.41) is 27.9. The van der Waals surface area contributed by atoms with Crippen molar-refractivity contribution in [1.82, 2.24) is 9.78 Å². The van der Waals surface area contributed by atoms with E-state index in [4.69, 9.17) is 0 Å². The SMILES string of the molecule is CCC(=O)C1(O)CCC2C3CCC4=Cc5c(cnn5-c5ccc(F)cc5)CC4(C)C3C(O)CC21C. The van der Waals surface area contributed by atoms with Crippen molar-refractivity contribution < 1.29 is 19.4 Å². The van der Waals surface area contributed by atoms with Crippen LogP contribution in [-0.4, -0.2) is 37.5 Å². The van der Waals surface area contributed by atoms with Crippen LogP contribution in [0.4, 0.5) is 4.39 Å². The van der Waals surface area contributed by atoms with Crippen molar-refractivity contribution in [1.29, 1.82) is 0 Å². The number of halogens is 1. The molecule has 186 valence electrons. The molecule has 7 atom stereocenters. The van der Waals surface area contributed by atoms with Crippen LogP contribution in [0.15, 0.2) is 36.0 Å². The number of carbonyl (C=O) groups is 1. The number of aliphatic hydroxyl groups excluding tert-OH is 1. The molecule has 3 fully saturated rings. The Morgan fingerprint density at radius 1 is 1.23 bits per heavy atom. The van der Waals surface area contributed by atoms with Crippen LogP contribution in [0.2, 0.25) is 0 Å². The summed E-state index contributed by atoms with van der Waals surface area (Å²) in [6, 6.07) is 6.40. The molecule has 2 aromatic rings. The summed E-state index contributed by atoms with van der Waals surface area (Å²) < 4.78 is 15.4. The van der Waals surface area contributed by atoms with E-state index in [9.17, 15) is 19.4 Å². The number of nitrogens with zero attached hydrogens (tertiary/aromatic N) is 2. The number of benzene rings is 1. The van der Waals surface area contributed by atoms with Crippen molar-refractivity contribution in [2.75, 3.05) is 0 Å². The van der Waals surface area contributed by atoms with E-state index < -0.39 is 17.1 Å². The van der Waals surface area contributed by atoms with Crippen molar-refractivity contribution >= 4 is 11.9 Å². The summed E-state index contributed by atoms with van der Waals surface area (Å²) in [5.41, 5.74) is 2.27. The summed E-state index contributed by atoms with van der Waals surface area (Å²) in [5.74, 6) is 0.251. The van der Waals surface area contributed by atoms with Gasteiger partial charge in [-0.3, -0.25) is 4.79 Å². The first-order valence-corrected chi connectivity index (χ1v) is 13.1. The Bertz CT molecular complexity index is 1220. The van der Waals surface area contributed by atoms with E-state index in [1.807, 2.05) is 17.8 Å². The third kappa shape index (κ3) is 2.99. The average Bonchev–Trinajstić information content (AvgIpc) is 3.35. The summed E-state index contributed by atoms with van der Waals surface area (Å²) in [4.78, 5) is 12.9. The zero-order valence-corrected chi connectivity index (χ0v) is 20.8. The van der Waals surface area contributed by atoms with Gasteiger partial charge in [0.2, 0.25) is 0 Å². The van der Waals surface area contributed by atoms with Gasteiger partial charge in [-0.25, -0.2) is 9.07 Å². The third-order valence-corrected chi connectivity index (χ3v) is 10.4. The molecule has 0 radical (unpaired) electrons. The summed E-state index contributed by atoms with van der Waals surface area (Å²) >= 11 is 0. The van der Waals surface area contributed by atoms with Gasteiger partial charge in [0.15, 0.2) is 5.78 Å². The molecule has 0 bridgehead atoms. The maximum absolute atomic E-state index is 13.5. The number of rotatable bonds is 3. The molecule has 1 heterocycles. The zero-order valence-electron chi connectivity index (χ0n) is 20.8. The smallest absolute Gasteiger partial charge is 0.164 e. The lowest BCUT2D eigenvalue weighted by atomic mass is 9.45. The first kappa shape index (κ1) is 23.1. The largest absolute Gasteiger partial charge is 0.393 e. The standard InChI is InChI=1S/C29H35FN2O3/c1-4-25(34)29(35)12-11-22-21-10-5-18-13-23-17(16-31-32(23)20-8-6-19(30)7-9-20)14-27(18,2)26(21)24(33)15-28(22,29)3/h6-9,13,16,21-22,24,26,33,35H,4-5,10-12,14-15H2,1-3H3. The predicted molar refractivity (Wildman–Crippen MR) is 131 cm³/mol. The van der Waals surface area contributed by atoms with Gasteiger partial charge in [0.25, 0.3) is 0 Å². The number of hydrogen-bond donors (Lipinski definition) is 2. The summed E-state index contributed by atoms with van der Waals surface area (Å²) in [7, 11) is 0. The van der Waals surface area contributed by atoms with Crippen molar-refractivity contribution in [3.05, 3.63) is 53.1 Å². The molecule has 4 aliphatic carbocycles. The molecule has 0 amide bonds. The lowest BCUT2D eigenvalue weighted by molar-refractivity contribution is -0.179. The number of aliphatic hydroxyl groups is 2. The number of ketones is 1. The first-order valence-electron chi connectivity index (χ1n) is 13.1. The fourth-order valence-corrected chi connectivity index (χ4v) is 8.73. The minimum Gasteiger partial charge on any atom is -0.393 e. The number of Topliss-reactive ketones (excluding diaryl/α,β-unsaturated/α-hetero) is 1. The third-order valence-electron chi connectivity index (χ3n) is 10.4. The van der Waals surface area contributed by atoms with E-state index in [-0.39, 0.29) is 34.8 Å².